The number of nitrogens with one attached hydrogen (secondary N) is 2. The Kier molecular flexibility index (Phi) is 4.91. The van der Waals surface area contributed by atoms with Crippen LogP contribution < -0.4 is 15.0 Å². The van der Waals surface area contributed by atoms with Gasteiger partial charge in [0.15, 0.2) is 5.82 Å². The molecule has 6 nitrogen and oxygen atoms in total. The number of ether oxygens (including phenoxy) is 1. The molecule has 3 heterocycles. The van der Waals surface area contributed by atoms with Crippen LogP contribution >= 0.6 is 0 Å². The molecule has 1 atom stereocenters. The fraction of sp³-hybridized carbons (Fsp3) is 0.269. The SMILES string of the molecule is OC1CCc2c(Nc3cc(F)c4c(c3)OCCN4CCc3c[nH]c4ccccc34)ccnc21. The number of halogens is 1. The molecule has 2 aromatic carbocycles. The number of aliphatic hydroxyl groups is 1. The lowest BCUT2D eigenvalue weighted by Crippen LogP contribution is -2.35. The van der Waals surface area contributed by atoms with Crippen molar-refractivity contribution in [1.29, 1.82) is 0 Å². The van der Waals surface area contributed by atoms with Crippen LogP contribution in [0.2, 0.25) is 0 Å². The summed E-state index contributed by atoms with van der Waals surface area (Å²) >= 11 is 0. The smallest absolute Gasteiger partial charge is 0.152 e. The Bertz CT molecular complexity index is 1340. The number of fused-ring (bicyclic) bond motifs is 3. The summed E-state index contributed by atoms with van der Waals surface area (Å²) in [5.41, 5.74) is 6.03. The molecule has 3 N–H and O–H groups in total. The fourth-order valence-electron chi connectivity index (χ4n) is 5.01. The summed E-state index contributed by atoms with van der Waals surface area (Å²) < 4.78 is 21.2. The standard InChI is InChI=1S/C26H25FN4O2/c27-20-13-17(30-22-7-9-28-25-19(22)5-6-23(25)32)14-24-26(20)31(11-12-33-24)10-8-16-15-29-21-4-2-1-3-18(16)21/h1-4,7,9,13-15,23,29,32H,5-6,8,10-12H2,(H,28,30). The molecule has 0 amide bonds. The number of hydrogen-bond acceptors (Lipinski definition) is 5. The van der Waals surface area contributed by atoms with E-state index in [9.17, 15) is 5.11 Å². The highest BCUT2D eigenvalue weighted by Crippen LogP contribution is 2.40. The van der Waals surface area contributed by atoms with E-state index < -0.39 is 6.10 Å². The van der Waals surface area contributed by atoms with Crippen molar-refractivity contribution in [2.75, 3.05) is 29.9 Å². The lowest BCUT2D eigenvalue weighted by molar-refractivity contribution is 0.176. The summed E-state index contributed by atoms with van der Waals surface area (Å²) in [5, 5.41) is 14.6. The van der Waals surface area contributed by atoms with Crippen LogP contribution in [-0.4, -0.2) is 34.8 Å². The van der Waals surface area contributed by atoms with Gasteiger partial charge in [-0.3, -0.25) is 4.98 Å². The molecule has 168 valence electrons. The van der Waals surface area contributed by atoms with Gasteiger partial charge in [-0.05, 0) is 48.6 Å². The van der Waals surface area contributed by atoms with E-state index in [1.807, 2.05) is 30.5 Å². The molecule has 0 saturated heterocycles. The summed E-state index contributed by atoms with van der Waals surface area (Å²) in [6, 6.07) is 13.5. The number of rotatable bonds is 5. The van der Waals surface area contributed by atoms with Gasteiger partial charge in [0.05, 0.1) is 18.3 Å². The van der Waals surface area contributed by atoms with Crippen LogP contribution in [0.5, 0.6) is 5.75 Å². The van der Waals surface area contributed by atoms with Crippen molar-refractivity contribution >= 4 is 28.0 Å². The van der Waals surface area contributed by atoms with Crippen molar-refractivity contribution in [3.05, 3.63) is 77.5 Å². The number of anilines is 3. The topological polar surface area (TPSA) is 73.4 Å². The summed E-state index contributed by atoms with van der Waals surface area (Å²) in [5.74, 6) is 0.243. The predicted octanol–water partition coefficient (Wildman–Crippen LogP) is 4.87. The van der Waals surface area contributed by atoms with Crippen LogP contribution in [-0.2, 0) is 12.8 Å². The van der Waals surface area contributed by atoms with Gasteiger partial charge in [-0.25, -0.2) is 4.39 Å². The van der Waals surface area contributed by atoms with Gasteiger partial charge in [-0.2, -0.15) is 0 Å². The van der Waals surface area contributed by atoms with Gasteiger partial charge in [0.2, 0.25) is 0 Å². The molecule has 0 radical (unpaired) electrons. The first-order valence-electron chi connectivity index (χ1n) is 11.4. The molecule has 6 rings (SSSR count). The van der Waals surface area contributed by atoms with Crippen molar-refractivity contribution in [1.82, 2.24) is 9.97 Å². The van der Waals surface area contributed by atoms with E-state index in [4.69, 9.17) is 4.74 Å². The second-order valence-electron chi connectivity index (χ2n) is 8.65. The van der Waals surface area contributed by atoms with Gasteiger partial charge >= 0.3 is 0 Å². The third-order valence-corrected chi connectivity index (χ3v) is 6.64. The number of para-hydroxylation sites is 1. The van der Waals surface area contributed by atoms with E-state index >= 15 is 4.39 Å². The molecule has 0 fully saturated rings. The van der Waals surface area contributed by atoms with Crippen molar-refractivity contribution < 1.29 is 14.2 Å². The number of benzene rings is 2. The molecule has 2 aromatic heterocycles. The number of pyridine rings is 1. The normalized spacial score (nSPS) is 17.0. The van der Waals surface area contributed by atoms with Crippen LogP contribution in [0.1, 0.15) is 29.3 Å². The average Bonchev–Trinajstić information content (AvgIpc) is 3.42. The van der Waals surface area contributed by atoms with E-state index in [0.29, 0.717) is 48.9 Å². The zero-order chi connectivity index (χ0) is 22.4. The van der Waals surface area contributed by atoms with Crippen molar-refractivity contribution in [2.24, 2.45) is 0 Å². The van der Waals surface area contributed by atoms with Crippen LogP contribution in [0.4, 0.5) is 21.5 Å². The number of H-pyrrole nitrogens is 1. The first-order valence-corrected chi connectivity index (χ1v) is 11.4. The minimum atomic E-state index is -0.531. The number of nitrogens with zero attached hydrogens (tertiary/aromatic N) is 2. The Morgan fingerprint density at radius 2 is 2.15 bits per heavy atom. The number of aromatic nitrogens is 2. The van der Waals surface area contributed by atoms with Crippen molar-refractivity contribution in [3.63, 3.8) is 0 Å². The summed E-state index contributed by atoms with van der Waals surface area (Å²) in [7, 11) is 0. The quantitative estimate of drug-likeness (QED) is 0.410. The molecular formula is C26H25FN4O2. The number of hydrogen-bond donors (Lipinski definition) is 3. The lowest BCUT2D eigenvalue weighted by Gasteiger charge is -2.32. The maximum atomic E-state index is 15.3. The van der Waals surface area contributed by atoms with E-state index in [-0.39, 0.29) is 5.82 Å². The third-order valence-electron chi connectivity index (χ3n) is 6.64. The Morgan fingerprint density at radius 3 is 3.09 bits per heavy atom. The second-order valence-corrected chi connectivity index (χ2v) is 8.65. The molecule has 0 saturated carbocycles. The maximum absolute atomic E-state index is 15.3. The molecule has 0 spiro atoms. The minimum Gasteiger partial charge on any atom is -0.489 e. The Labute approximate surface area is 191 Å². The largest absolute Gasteiger partial charge is 0.489 e. The first-order chi connectivity index (χ1) is 16.2. The first kappa shape index (κ1) is 20.1. The maximum Gasteiger partial charge on any atom is 0.152 e. The van der Waals surface area contributed by atoms with Gasteiger partial charge in [0.1, 0.15) is 18.0 Å². The van der Waals surface area contributed by atoms with Gasteiger partial charge in [0, 0.05) is 47.3 Å². The van der Waals surface area contributed by atoms with E-state index in [1.165, 1.54) is 17.0 Å². The van der Waals surface area contributed by atoms with Gasteiger partial charge in [-0.1, -0.05) is 18.2 Å². The Hall–Kier alpha value is -3.58. The molecule has 7 heteroatoms. The molecule has 0 bridgehead atoms. The van der Waals surface area contributed by atoms with Crippen LogP contribution in [0.25, 0.3) is 10.9 Å². The van der Waals surface area contributed by atoms with Gasteiger partial charge in [-0.15, -0.1) is 0 Å². The molecule has 1 aliphatic carbocycles. The molecule has 1 unspecified atom stereocenters. The average molecular weight is 445 g/mol. The Balaban J connectivity index is 1.24. The lowest BCUT2D eigenvalue weighted by atomic mass is 10.1. The fourth-order valence-corrected chi connectivity index (χ4v) is 5.01. The van der Waals surface area contributed by atoms with Crippen molar-refractivity contribution in [3.8, 4) is 5.75 Å². The zero-order valence-electron chi connectivity index (χ0n) is 18.1. The summed E-state index contributed by atoms with van der Waals surface area (Å²) in [4.78, 5) is 9.68. The molecule has 2 aliphatic rings. The Morgan fingerprint density at radius 1 is 1.24 bits per heavy atom. The highest BCUT2D eigenvalue weighted by atomic mass is 19.1. The van der Waals surface area contributed by atoms with E-state index in [2.05, 4.69) is 32.3 Å². The van der Waals surface area contributed by atoms with Crippen LogP contribution in [0.15, 0.2) is 54.9 Å². The molecule has 4 aromatic rings. The molecule has 33 heavy (non-hydrogen) atoms. The number of aromatic amines is 1. The predicted molar refractivity (Wildman–Crippen MR) is 127 cm³/mol. The minimum absolute atomic E-state index is 0.306. The highest BCUT2D eigenvalue weighted by molar-refractivity contribution is 5.83. The highest BCUT2D eigenvalue weighted by Gasteiger charge is 2.26. The van der Waals surface area contributed by atoms with E-state index in [1.54, 1.807) is 6.20 Å². The monoisotopic (exact) mass is 444 g/mol. The molecule has 1 aliphatic heterocycles. The summed E-state index contributed by atoms with van der Waals surface area (Å²) in [6.07, 6.45) is 5.41. The summed E-state index contributed by atoms with van der Waals surface area (Å²) in [6.45, 7) is 1.87. The van der Waals surface area contributed by atoms with Crippen LogP contribution in [0, 0.1) is 5.82 Å². The van der Waals surface area contributed by atoms with Crippen LogP contribution in [0.3, 0.4) is 0 Å². The molecular weight excluding hydrogens is 419 g/mol. The van der Waals surface area contributed by atoms with Gasteiger partial charge in [0.25, 0.3) is 0 Å². The third kappa shape index (κ3) is 3.58. The zero-order valence-corrected chi connectivity index (χ0v) is 18.1. The van der Waals surface area contributed by atoms with Crippen molar-refractivity contribution in [2.45, 2.75) is 25.4 Å². The van der Waals surface area contributed by atoms with Gasteiger partial charge < -0.3 is 25.0 Å². The second kappa shape index (κ2) is 8.08. The van der Waals surface area contributed by atoms with E-state index in [0.717, 1.165) is 29.6 Å². The number of aliphatic hydroxyl groups excluding tert-OH is 1.